The maximum Gasteiger partial charge on any atom is 0.343 e. The first-order chi connectivity index (χ1) is 12.5. The highest BCUT2D eigenvalue weighted by atomic mass is 79.9. The zero-order chi connectivity index (χ0) is 18.7. The van der Waals surface area contributed by atoms with E-state index in [1.54, 1.807) is 42.5 Å². The minimum atomic E-state index is -0.521. The molecule has 1 saturated heterocycles. The van der Waals surface area contributed by atoms with Crippen LogP contribution < -0.4 is 14.8 Å². The lowest BCUT2D eigenvalue weighted by atomic mass is 10.2. The molecule has 1 N–H and O–H groups in total. The minimum absolute atomic E-state index is 0.249. The van der Waals surface area contributed by atoms with Crippen LogP contribution in [0.15, 0.2) is 51.8 Å². The highest BCUT2D eigenvalue weighted by molar-refractivity contribution is 9.10. The number of carbonyl (C=O) groups excluding carboxylic acids is 3. The fraction of sp³-hybridized carbons (Fsp3) is 0.0556. The van der Waals surface area contributed by atoms with Crippen molar-refractivity contribution < 1.29 is 23.9 Å². The van der Waals surface area contributed by atoms with Gasteiger partial charge in [-0.25, -0.2) is 4.79 Å². The topological polar surface area (TPSA) is 81.7 Å². The number of amides is 2. The molecule has 8 heteroatoms. The molecule has 0 saturated carbocycles. The van der Waals surface area contributed by atoms with Gasteiger partial charge in [-0.15, -0.1) is 0 Å². The Kier molecular flexibility index (Phi) is 5.43. The Morgan fingerprint density at radius 3 is 2.62 bits per heavy atom. The third-order valence-corrected chi connectivity index (χ3v) is 4.69. The Labute approximate surface area is 161 Å². The van der Waals surface area contributed by atoms with Gasteiger partial charge in [-0.2, -0.15) is 0 Å². The number of esters is 1. The van der Waals surface area contributed by atoms with Crippen LogP contribution in [0.2, 0.25) is 0 Å². The van der Waals surface area contributed by atoms with Crippen molar-refractivity contribution >= 4 is 50.9 Å². The summed E-state index contributed by atoms with van der Waals surface area (Å²) in [6.07, 6.45) is 1.56. The summed E-state index contributed by atoms with van der Waals surface area (Å²) >= 11 is 4.13. The molecule has 0 spiro atoms. The van der Waals surface area contributed by atoms with Crippen LogP contribution in [0.1, 0.15) is 15.9 Å². The second-order valence-electron chi connectivity index (χ2n) is 5.16. The van der Waals surface area contributed by atoms with Gasteiger partial charge in [-0.3, -0.25) is 14.9 Å². The molecule has 0 bridgehead atoms. The van der Waals surface area contributed by atoms with Crippen LogP contribution in [0.3, 0.4) is 0 Å². The second-order valence-corrected chi connectivity index (χ2v) is 7.09. The number of rotatable bonds is 4. The Bertz CT molecular complexity index is 941. The van der Waals surface area contributed by atoms with Crippen molar-refractivity contribution in [2.24, 2.45) is 0 Å². The van der Waals surface area contributed by atoms with E-state index in [0.29, 0.717) is 16.9 Å². The van der Waals surface area contributed by atoms with Crippen molar-refractivity contribution in [3.63, 3.8) is 0 Å². The molecule has 0 aliphatic carbocycles. The highest BCUT2D eigenvalue weighted by Gasteiger charge is 2.25. The van der Waals surface area contributed by atoms with Crippen molar-refractivity contribution in [2.75, 3.05) is 7.11 Å². The van der Waals surface area contributed by atoms with Crippen molar-refractivity contribution in [3.8, 4) is 11.5 Å². The van der Waals surface area contributed by atoms with Crippen LogP contribution in [0.5, 0.6) is 11.5 Å². The van der Waals surface area contributed by atoms with E-state index in [1.807, 2.05) is 6.07 Å². The molecule has 26 heavy (non-hydrogen) atoms. The number of halogens is 1. The van der Waals surface area contributed by atoms with Crippen LogP contribution >= 0.6 is 27.7 Å². The van der Waals surface area contributed by atoms with E-state index in [2.05, 4.69) is 21.2 Å². The largest absolute Gasteiger partial charge is 0.493 e. The zero-order valence-electron chi connectivity index (χ0n) is 13.4. The van der Waals surface area contributed by atoms with Crippen molar-refractivity contribution in [3.05, 3.63) is 63.0 Å². The Hall–Kier alpha value is -2.58. The quantitative estimate of drug-likeness (QED) is 0.445. The molecule has 0 radical (unpaired) electrons. The first kappa shape index (κ1) is 18.2. The van der Waals surface area contributed by atoms with Crippen molar-refractivity contribution in [1.29, 1.82) is 0 Å². The van der Waals surface area contributed by atoms with Crippen LogP contribution in [0, 0.1) is 0 Å². The second kappa shape index (κ2) is 7.76. The van der Waals surface area contributed by atoms with Gasteiger partial charge >= 0.3 is 5.97 Å². The van der Waals surface area contributed by atoms with E-state index < -0.39 is 17.1 Å². The smallest absolute Gasteiger partial charge is 0.343 e. The van der Waals surface area contributed by atoms with Gasteiger partial charge in [0.1, 0.15) is 0 Å². The molecule has 1 fully saturated rings. The lowest BCUT2D eigenvalue weighted by Gasteiger charge is -2.10. The first-order valence-electron chi connectivity index (χ1n) is 7.37. The van der Waals surface area contributed by atoms with Crippen LogP contribution in [-0.2, 0) is 4.79 Å². The monoisotopic (exact) mass is 433 g/mol. The molecular weight excluding hydrogens is 422 g/mol. The summed E-state index contributed by atoms with van der Waals surface area (Å²) in [4.78, 5) is 35.4. The molecule has 3 rings (SSSR count). The molecule has 132 valence electrons. The highest BCUT2D eigenvalue weighted by Crippen LogP contribution is 2.32. The summed E-state index contributed by atoms with van der Waals surface area (Å²) in [5.74, 6) is -0.382. The fourth-order valence-electron chi connectivity index (χ4n) is 2.20. The number of thioether (sulfide) groups is 1. The van der Waals surface area contributed by atoms with E-state index in [0.717, 1.165) is 16.2 Å². The summed E-state index contributed by atoms with van der Waals surface area (Å²) in [6, 6.07) is 11.7. The standard InChI is InChI=1S/C18H12BrNO5S/c1-24-14-7-10(8-15-16(21)20-18(23)26-15)5-6-13(14)25-17(22)11-3-2-4-12(19)9-11/h2-9H,1H3,(H,20,21,23). The van der Waals surface area contributed by atoms with Crippen molar-refractivity contribution in [2.45, 2.75) is 0 Å². The number of benzene rings is 2. The zero-order valence-corrected chi connectivity index (χ0v) is 15.8. The summed E-state index contributed by atoms with van der Waals surface area (Å²) in [6.45, 7) is 0. The molecule has 2 aromatic carbocycles. The molecule has 6 nitrogen and oxygen atoms in total. The van der Waals surface area contributed by atoms with Gasteiger partial charge in [0.05, 0.1) is 17.6 Å². The third-order valence-electron chi connectivity index (χ3n) is 3.39. The molecular formula is C18H12BrNO5S. The van der Waals surface area contributed by atoms with Crippen molar-refractivity contribution in [1.82, 2.24) is 5.32 Å². The number of hydrogen-bond donors (Lipinski definition) is 1. The van der Waals surface area contributed by atoms with E-state index in [9.17, 15) is 14.4 Å². The van der Waals surface area contributed by atoms with Crippen LogP contribution in [-0.4, -0.2) is 24.2 Å². The summed E-state index contributed by atoms with van der Waals surface area (Å²) in [7, 11) is 1.45. The Morgan fingerprint density at radius 2 is 1.96 bits per heavy atom. The summed E-state index contributed by atoms with van der Waals surface area (Å²) < 4.78 is 11.4. The molecule has 1 heterocycles. The number of carbonyl (C=O) groups is 3. The lowest BCUT2D eigenvalue weighted by Crippen LogP contribution is -2.17. The van der Waals surface area contributed by atoms with Gasteiger partial charge in [0.25, 0.3) is 11.1 Å². The van der Waals surface area contributed by atoms with Crippen LogP contribution in [0.4, 0.5) is 4.79 Å². The van der Waals surface area contributed by atoms with Crippen LogP contribution in [0.25, 0.3) is 6.08 Å². The minimum Gasteiger partial charge on any atom is -0.493 e. The van der Waals surface area contributed by atoms with E-state index in [-0.39, 0.29) is 10.7 Å². The normalized spacial score (nSPS) is 15.1. The summed E-state index contributed by atoms with van der Waals surface area (Å²) in [5.41, 5.74) is 1.03. The number of nitrogens with one attached hydrogen (secondary N) is 1. The number of imide groups is 1. The van der Waals surface area contributed by atoms with E-state index in [4.69, 9.17) is 9.47 Å². The van der Waals surface area contributed by atoms with E-state index in [1.165, 1.54) is 7.11 Å². The maximum absolute atomic E-state index is 12.3. The maximum atomic E-state index is 12.3. The molecule has 2 amide bonds. The predicted molar refractivity (Wildman–Crippen MR) is 101 cm³/mol. The summed E-state index contributed by atoms with van der Waals surface area (Å²) in [5, 5.41) is 1.78. The molecule has 1 aliphatic heterocycles. The molecule has 2 aromatic rings. The van der Waals surface area contributed by atoms with Gasteiger partial charge in [0.15, 0.2) is 11.5 Å². The Morgan fingerprint density at radius 1 is 1.15 bits per heavy atom. The molecule has 0 aromatic heterocycles. The number of hydrogen-bond acceptors (Lipinski definition) is 6. The van der Waals surface area contributed by atoms with Gasteiger partial charge in [0.2, 0.25) is 0 Å². The Balaban J connectivity index is 1.83. The van der Waals surface area contributed by atoms with E-state index >= 15 is 0 Å². The van der Waals surface area contributed by atoms with Gasteiger partial charge in [0, 0.05) is 4.47 Å². The average Bonchev–Trinajstić information content (AvgIpc) is 2.93. The average molecular weight is 434 g/mol. The third kappa shape index (κ3) is 4.14. The SMILES string of the molecule is COc1cc(C=C2SC(=O)NC2=O)ccc1OC(=O)c1cccc(Br)c1. The molecule has 1 aliphatic rings. The fourth-order valence-corrected chi connectivity index (χ4v) is 3.29. The number of methoxy groups -OCH3 is 1. The van der Waals surface area contributed by atoms with Gasteiger partial charge < -0.3 is 9.47 Å². The first-order valence-corrected chi connectivity index (χ1v) is 8.98. The van der Waals surface area contributed by atoms with Gasteiger partial charge in [-0.05, 0) is 53.7 Å². The van der Waals surface area contributed by atoms with Gasteiger partial charge in [-0.1, -0.05) is 28.1 Å². The number of ether oxygens (including phenoxy) is 2. The predicted octanol–water partition coefficient (Wildman–Crippen LogP) is 4.00. The molecule has 0 unspecified atom stereocenters. The lowest BCUT2D eigenvalue weighted by molar-refractivity contribution is -0.115. The molecule has 0 atom stereocenters.